The average molecular weight is 236 g/mol. The molecule has 0 unspecified atom stereocenters. The highest BCUT2D eigenvalue weighted by molar-refractivity contribution is 5.16. The van der Waals surface area contributed by atoms with Gasteiger partial charge in [0.15, 0.2) is 0 Å². The first kappa shape index (κ1) is 14.1. The molecule has 1 heterocycles. The number of rotatable bonds is 7. The molecule has 1 rings (SSSR count). The zero-order chi connectivity index (χ0) is 12.7. The third-order valence-corrected chi connectivity index (χ3v) is 3.16. The van der Waals surface area contributed by atoms with Crippen LogP contribution >= 0.6 is 0 Å². The van der Waals surface area contributed by atoms with Crippen LogP contribution in [0.4, 0.5) is 0 Å². The molecule has 0 aliphatic rings. The number of aliphatic hydroxyl groups excluding tert-OH is 1. The zero-order valence-corrected chi connectivity index (χ0v) is 11.2. The number of aromatic nitrogens is 1. The molecule has 0 aliphatic carbocycles. The van der Waals surface area contributed by atoms with E-state index >= 15 is 0 Å². The minimum absolute atomic E-state index is 0.218. The maximum absolute atomic E-state index is 9.15. The van der Waals surface area contributed by atoms with Crippen LogP contribution in [0.1, 0.15) is 37.8 Å². The summed E-state index contributed by atoms with van der Waals surface area (Å²) in [4.78, 5) is 6.56. The highest BCUT2D eigenvalue weighted by atomic mass is 16.3. The first-order chi connectivity index (χ1) is 8.21. The van der Waals surface area contributed by atoms with E-state index in [1.165, 1.54) is 11.1 Å². The number of hydrogen-bond acceptors (Lipinski definition) is 3. The molecule has 0 saturated carbocycles. The summed E-state index contributed by atoms with van der Waals surface area (Å²) in [6.45, 7) is 8.29. The monoisotopic (exact) mass is 236 g/mol. The summed E-state index contributed by atoms with van der Waals surface area (Å²) in [5.74, 6) is 0. The van der Waals surface area contributed by atoms with E-state index in [9.17, 15) is 0 Å². The molecule has 1 aromatic heterocycles. The van der Waals surface area contributed by atoms with Crippen molar-refractivity contribution in [2.45, 2.75) is 46.2 Å². The Hall–Kier alpha value is -0.930. The first-order valence-corrected chi connectivity index (χ1v) is 6.46. The molecule has 0 aliphatic heterocycles. The second-order valence-electron chi connectivity index (χ2n) is 4.53. The van der Waals surface area contributed by atoms with Crippen molar-refractivity contribution in [3.63, 3.8) is 0 Å². The van der Waals surface area contributed by atoms with Gasteiger partial charge < -0.3 is 5.11 Å². The number of pyridine rings is 1. The van der Waals surface area contributed by atoms with E-state index in [2.05, 4.69) is 36.7 Å². The summed E-state index contributed by atoms with van der Waals surface area (Å²) in [6, 6.07) is 2.71. The molecular formula is C14H24N2O. The third-order valence-electron chi connectivity index (χ3n) is 3.16. The summed E-state index contributed by atoms with van der Waals surface area (Å²) < 4.78 is 0. The quantitative estimate of drug-likeness (QED) is 0.789. The Bertz CT molecular complexity index is 324. The molecule has 0 spiro atoms. The van der Waals surface area contributed by atoms with Gasteiger partial charge >= 0.3 is 0 Å². The van der Waals surface area contributed by atoms with E-state index in [4.69, 9.17) is 5.11 Å². The van der Waals surface area contributed by atoms with E-state index < -0.39 is 0 Å². The van der Waals surface area contributed by atoms with Crippen molar-refractivity contribution in [3.05, 3.63) is 29.6 Å². The molecule has 0 radical (unpaired) electrons. The van der Waals surface area contributed by atoms with Gasteiger partial charge in [0.25, 0.3) is 0 Å². The Morgan fingerprint density at radius 3 is 2.53 bits per heavy atom. The highest BCUT2D eigenvalue weighted by Gasteiger charge is 2.14. The number of aliphatic hydroxyl groups is 1. The molecular weight excluding hydrogens is 212 g/mol. The van der Waals surface area contributed by atoms with Crippen LogP contribution in [0.25, 0.3) is 0 Å². The van der Waals surface area contributed by atoms with Gasteiger partial charge in [-0.25, -0.2) is 0 Å². The second kappa shape index (κ2) is 7.41. The van der Waals surface area contributed by atoms with Crippen molar-refractivity contribution < 1.29 is 5.11 Å². The van der Waals surface area contributed by atoms with Crippen LogP contribution in [0.2, 0.25) is 0 Å². The topological polar surface area (TPSA) is 36.4 Å². The summed E-state index contributed by atoms with van der Waals surface area (Å²) in [5.41, 5.74) is 2.42. The highest BCUT2D eigenvalue weighted by Crippen LogP contribution is 2.13. The number of hydrogen-bond donors (Lipinski definition) is 1. The Morgan fingerprint density at radius 1 is 1.29 bits per heavy atom. The van der Waals surface area contributed by atoms with Gasteiger partial charge in [0.05, 0.1) is 6.61 Å². The van der Waals surface area contributed by atoms with Crippen LogP contribution < -0.4 is 0 Å². The van der Waals surface area contributed by atoms with E-state index in [1.807, 2.05) is 12.4 Å². The first-order valence-electron chi connectivity index (χ1n) is 6.46. The van der Waals surface area contributed by atoms with Crippen LogP contribution in [-0.4, -0.2) is 34.2 Å². The van der Waals surface area contributed by atoms with Crippen molar-refractivity contribution in [3.8, 4) is 0 Å². The van der Waals surface area contributed by atoms with Gasteiger partial charge in [-0.15, -0.1) is 0 Å². The van der Waals surface area contributed by atoms with Gasteiger partial charge in [0.1, 0.15) is 0 Å². The molecule has 3 nitrogen and oxygen atoms in total. The van der Waals surface area contributed by atoms with Crippen molar-refractivity contribution in [2.75, 3.05) is 13.2 Å². The fraction of sp³-hybridized carbons (Fsp3) is 0.643. The van der Waals surface area contributed by atoms with E-state index in [0.717, 1.165) is 25.9 Å². The molecule has 0 aromatic carbocycles. The van der Waals surface area contributed by atoms with E-state index in [1.54, 1.807) is 0 Å². The molecule has 0 atom stereocenters. The van der Waals surface area contributed by atoms with Crippen LogP contribution in [0.15, 0.2) is 18.5 Å². The maximum atomic E-state index is 9.15. The van der Waals surface area contributed by atoms with Crippen molar-refractivity contribution >= 4 is 0 Å². The molecule has 0 saturated heterocycles. The molecule has 1 N–H and O–H groups in total. The smallest absolute Gasteiger partial charge is 0.0558 e. The third kappa shape index (κ3) is 4.44. The fourth-order valence-corrected chi connectivity index (χ4v) is 2.26. The lowest BCUT2D eigenvalue weighted by Crippen LogP contribution is -2.36. The molecule has 3 heteroatoms. The Labute approximate surface area is 104 Å². The minimum Gasteiger partial charge on any atom is -0.395 e. The lowest BCUT2D eigenvalue weighted by atomic mass is 10.1. The van der Waals surface area contributed by atoms with Gasteiger partial charge in [-0.1, -0.05) is 19.9 Å². The van der Waals surface area contributed by atoms with Crippen LogP contribution in [0.3, 0.4) is 0 Å². The largest absolute Gasteiger partial charge is 0.395 e. The second-order valence-corrected chi connectivity index (χ2v) is 4.53. The van der Waals surface area contributed by atoms with Gasteiger partial charge in [-0.2, -0.15) is 0 Å². The Morgan fingerprint density at radius 2 is 2.00 bits per heavy atom. The predicted molar refractivity (Wildman–Crippen MR) is 70.8 cm³/mol. The van der Waals surface area contributed by atoms with Gasteiger partial charge in [-0.05, 0) is 30.9 Å². The normalized spacial score (nSPS) is 11.4. The SMILES string of the molecule is CCC(CC)N(CCO)Cc1cncc(C)c1. The predicted octanol–water partition coefficient (Wildman–Crippen LogP) is 2.37. The van der Waals surface area contributed by atoms with Crippen LogP contribution in [0.5, 0.6) is 0 Å². The van der Waals surface area contributed by atoms with E-state index in [-0.39, 0.29) is 6.61 Å². The van der Waals surface area contributed by atoms with Crippen molar-refractivity contribution in [2.24, 2.45) is 0 Å². The lowest BCUT2D eigenvalue weighted by Gasteiger charge is -2.29. The molecule has 96 valence electrons. The molecule has 1 aromatic rings. The van der Waals surface area contributed by atoms with Crippen LogP contribution in [-0.2, 0) is 6.54 Å². The van der Waals surface area contributed by atoms with Gasteiger partial charge in [0.2, 0.25) is 0 Å². The zero-order valence-electron chi connectivity index (χ0n) is 11.2. The molecule has 17 heavy (non-hydrogen) atoms. The standard InChI is InChI=1S/C14H24N2O/c1-4-14(5-2)16(6-7-17)11-13-8-12(3)9-15-10-13/h8-10,14,17H,4-7,11H2,1-3H3. The minimum atomic E-state index is 0.218. The summed E-state index contributed by atoms with van der Waals surface area (Å²) in [7, 11) is 0. The van der Waals surface area contributed by atoms with Crippen molar-refractivity contribution in [1.29, 1.82) is 0 Å². The van der Waals surface area contributed by atoms with Gasteiger partial charge in [-0.3, -0.25) is 9.88 Å². The fourth-order valence-electron chi connectivity index (χ4n) is 2.26. The van der Waals surface area contributed by atoms with Crippen molar-refractivity contribution in [1.82, 2.24) is 9.88 Å². The Balaban J connectivity index is 2.71. The van der Waals surface area contributed by atoms with Gasteiger partial charge in [0, 0.05) is 31.5 Å². The van der Waals surface area contributed by atoms with Crippen LogP contribution in [0, 0.1) is 6.92 Å². The lowest BCUT2D eigenvalue weighted by molar-refractivity contribution is 0.136. The summed E-state index contributed by atoms with van der Waals surface area (Å²) >= 11 is 0. The molecule has 0 amide bonds. The number of aryl methyl sites for hydroxylation is 1. The average Bonchev–Trinajstić information content (AvgIpc) is 2.31. The van der Waals surface area contributed by atoms with E-state index in [0.29, 0.717) is 6.04 Å². The molecule has 0 bridgehead atoms. The summed E-state index contributed by atoms with van der Waals surface area (Å²) in [6.07, 6.45) is 6.03. The summed E-state index contributed by atoms with van der Waals surface area (Å²) in [5, 5.41) is 9.15. The maximum Gasteiger partial charge on any atom is 0.0558 e. The number of nitrogens with zero attached hydrogens (tertiary/aromatic N) is 2. The molecule has 0 fully saturated rings. The Kier molecular flexibility index (Phi) is 6.16.